The van der Waals surface area contributed by atoms with E-state index in [0.29, 0.717) is 0 Å². The number of benzene rings is 1. The topological polar surface area (TPSA) is 60.4 Å². The van der Waals surface area contributed by atoms with E-state index in [1.54, 1.807) is 25.1 Å². The van der Waals surface area contributed by atoms with Crippen molar-refractivity contribution in [3.63, 3.8) is 0 Å². The second-order valence-corrected chi connectivity index (χ2v) is 5.80. The molecule has 102 valence electrons. The van der Waals surface area contributed by atoms with Crippen molar-refractivity contribution in [1.82, 2.24) is 0 Å². The van der Waals surface area contributed by atoms with E-state index >= 15 is 0 Å². The van der Waals surface area contributed by atoms with Crippen molar-refractivity contribution in [3.8, 4) is 0 Å². The van der Waals surface area contributed by atoms with Crippen LogP contribution < -0.4 is 0 Å². The van der Waals surface area contributed by atoms with Gasteiger partial charge in [-0.15, -0.1) is 0 Å². The SMILES string of the molecule is C=CC(=C)C(C(=O)OCC)S(=O)(=O)c1ccccc1. The van der Waals surface area contributed by atoms with Crippen LogP contribution in [0.15, 0.2) is 60.0 Å². The normalized spacial score (nSPS) is 12.5. The second kappa shape index (κ2) is 6.33. The molecular formula is C14H16O4S. The van der Waals surface area contributed by atoms with Gasteiger partial charge < -0.3 is 4.74 Å². The van der Waals surface area contributed by atoms with Crippen molar-refractivity contribution in [2.45, 2.75) is 17.1 Å². The van der Waals surface area contributed by atoms with Gasteiger partial charge in [-0.1, -0.05) is 37.4 Å². The Balaban J connectivity index is 3.29. The van der Waals surface area contributed by atoms with Gasteiger partial charge in [-0.05, 0) is 24.6 Å². The summed E-state index contributed by atoms with van der Waals surface area (Å²) in [6, 6.07) is 7.73. The highest BCUT2D eigenvalue weighted by Gasteiger charge is 2.36. The first-order valence-electron chi connectivity index (χ1n) is 5.72. The molecule has 0 radical (unpaired) electrons. The van der Waals surface area contributed by atoms with Crippen LogP contribution in [-0.2, 0) is 19.4 Å². The van der Waals surface area contributed by atoms with Crippen LogP contribution in [0.4, 0.5) is 0 Å². The average Bonchev–Trinajstić information content (AvgIpc) is 2.39. The monoisotopic (exact) mass is 280 g/mol. The van der Waals surface area contributed by atoms with Gasteiger partial charge in [0, 0.05) is 0 Å². The lowest BCUT2D eigenvalue weighted by Gasteiger charge is -2.16. The summed E-state index contributed by atoms with van der Waals surface area (Å²) in [5.41, 5.74) is 0.0994. The van der Waals surface area contributed by atoms with Gasteiger partial charge in [0.05, 0.1) is 11.5 Å². The summed E-state index contributed by atoms with van der Waals surface area (Å²) in [6.07, 6.45) is 1.25. The number of allylic oxidation sites excluding steroid dienone is 1. The molecule has 1 rings (SSSR count). The third-order valence-electron chi connectivity index (χ3n) is 2.48. The predicted octanol–water partition coefficient (Wildman–Crippen LogP) is 2.13. The third kappa shape index (κ3) is 3.32. The highest BCUT2D eigenvalue weighted by atomic mass is 32.2. The van der Waals surface area contributed by atoms with Gasteiger partial charge in [0.15, 0.2) is 15.1 Å². The van der Waals surface area contributed by atoms with Crippen LogP contribution in [0.1, 0.15) is 6.92 Å². The third-order valence-corrected chi connectivity index (χ3v) is 4.53. The summed E-state index contributed by atoms with van der Waals surface area (Å²) in [7, 11) is -3.88. The summed E-state index contributed by atoms with van der Waals surface area (Å²) in [5.74, 6) is -0.837. The molecule has 0 saturated carbocycles. The van der Waals surface area contributed by atoms with Crippen LogP contribution in [0.2, 0.25) is 0 Å². The number of carbonyl (C=O) groups excluding carboxylic acids is 1. The maximum absolute atomic E-state index is 12.4. The lowest BCUT2D eigenvalue weighted by Crippen LogP contribution is -2.33. The smallest absolute Gasteiger partial charge is 0.329 e. The molecule has 1 atom stereocenters. The minimum atomic E-state index is -3.88. The predicted molar refractivity (Wildman–Crippen MR) is 73.4 cm³/mol. The molecule has 0 bridgehead atoms. The van der Waals surface area contributed by atoms with Gasteiger partial charge in [-0.3, -0.25) is 4.79 Å². The van der Waals surface area contributed by atoms with E-state index in [0.717, 1.165) is 0 Å². The molecule has 0 N–H and O–H groups in total. The van der Waals surface area contributed by atoms with E-state index in [-0.39, 0.29) is 17.1 Å². The van der Waals surface area contributed by atoms with Crippen molar-refractivity contribution < 1.29 is 17.9 Å². The quantitative estimate of drug-likeness (QED) is 0.591. The zero-order chi connectivity index (χ0) is 14.5. The fourth-order valence-electron chi connectivity index (χ4n) is 1.55. The van der Waals surface area contributed by atoms with Gasteiger partial charge in [-0.25, -0.2) is 8.42 Å². The van der Waals surface area contributed by atoms with E-state index < -0.39 is 21.1 Å². The summed E-state index contributed by atoms with van der Waals surface area (Å²) in [6.45, 7) is 8.74. The van der Waals surface area contributed by atoms with E-state index in [1.165, 1.54) is 18.2 Å². The van der Waals surface area contributed by atoms with E-state index in [4.69, 9.17) is 4.74 Å². The minimum Gasteiger partial charge on any atom is -0.465 e. The highest BCUT2D eigenvalue weighted by molar-refractivity contribution is 7.93. The first-order valence-corrected chi connectivity index (χ1v) is 7.26. The molecule has 0 spiro atoms. The molecule has 1 unspecified atom stereocenters. The standard InChI is InChI=1S/C14H16O4S/c1-4-11(3)13(14(15)18-5-2)19(16,17)12-9-7-6-8-10-12/h4,6-10,13H,1,3,5H2,2H3. The van der Waals surface area contributed by atoms with E-state index in [1.807, 2.05) is 0 Å². The van der Waals surface area contributed by atoms with Crippen molar-refractivity contribution in [1.29, 1.82) is 0 Å². The number of hydrogen-bond acceptors (Lipinski definition) is 4. The molecule has 1 aromatic rings. The van der Waals surface area contributed by atoms with Gasteiger partial charge >= 0.3 is 5.97 Å². The first kappa shape index (κ1) is 15.2. The Bertz CT molecular complexity index is 573. The number of rotatable bonds is 6. The van der Waals surface area contributed by atoms with Gasteiger partial charge in [0.25, 0.3) is 0 Å². The largest absolute Gasteiger partial charge is 0.465 e. The first-order chi connectivity index (χ1) is 8.95. The number of ether oxygens (including phenoxy) is 1. The van der Waals surface area contributed by atoms with E-state index in [9.17, 15) is 13.2 Å². The number of sulfone groups is 1. The molecule has 1 aromatic carbocycles. The summed E-state index contributed by atoms with van der Waals surface area (Å²) >= 11 is 0. The molecule has 4 nitrogen and oxygen atoms in total. The van der Waals surface area contributed by atoms with Gasteiger partial charge in [0.1, 0.15) is 0 Å². The summed E-state index contributed by atoms with van der Waals surface area (Å²) in [4.78, 5) is 11.9. The average molecular weight is 280 g/mol. The van der Waals surface area contributed by atoms with Crippen LogP contribution in [0.3, 0.4) is 0 Å². The molecular weight excluding hydrogens is 264 g/mol. The Kier molecular flexibility index (Phi) is 5.06. The Morgan fingerprint density at radius 1 is 1.37 bits per heavy atom. The number of hydrogen-bond donors (Lipinski definition) is 0. The Labute approximate surface area is 113 Å². The maximum atomic E-state index is 12.4. The molecule has 0 aliphatic carbocycles. The Morgan fingerprint density at radius 2 is 1.95 bits per heavy atom. The van der Waals surface area contributed by atoms with Crippen LogP contribution in [0.5, 0.6) is 0 Å². The molecule has 0 saturated heterocycles. The van der Waals surface area contributed by atoms with E-state index in [2.05, 4.69) is 13.2 Å². The van der Waals surface area contributed by atoms with Crippen LogP contribution in [0.25, 0.3) is 0 Å². The second-order valence-electron chi connectivity index (χ2n) is 3.77. The number of carbonyl (C=O) groups is 1. The van der Waals surface area contributed by atoms with Crippen LogP contribution in [-0.4, -0.2) is 26.2 Å². The Morgan fingerprint density at radius 3 is 2.42 bits per heavy atom. The van der Waals surface area contributed by atoms with Gasteiger partial charge in [0.2, 0.25) is 0 Å². The molecule has 0 aliphatic heterocycles. The zero-order valence-corrected chi connectivity index (χ0v) is 11.5. The Hall–Kier alpha value is -1.88. The van der Waals surface area contributed by atoms with Crippen molar-refractivity contribution in [2.75, 3.05) is 6.61 Å². The molecule has 19 heavy (non-hydrogen) atoms. The minimum absolute atomic E-state index is 0.0519. The maximum Gasteiger partial charge on any atom is 0.329 e. The summed E-state index contributed by atoms with van der Waals surface area (Å²) in [5, 5.41) is -1.45. The van der Waals surface area contributed by atoms with Gasteiger partial charge in [-0.2, -0.15) is 0 Å². The lowest BCUT2D eigenvalue weighted by atomic mass is 10.2. The summed E-state index contributed by atoms with van der Waals surface area (Å²) < 4.78 is 29.7. The number of esters is 1. The van der Waals surface area contributed by atoms with Crippen molar-refractivity contribution in [2.24, 2.45) is 0 Å². The fraction of sp³-hybridized carbons (Fsp3) is 0.214. The van der Waals surface area contributed by atoms with Crippen LogP contribution in [0, 0.1) is 0 Å². The molecule has 5 heteroatoms. The molecule has 0 amide bonds. The fourth-order valence-corrected chi connectivity index (χ4v) is 3.17. The highest BCUT2D eigenvalue weighted by Crippen LogP contribution is 2.22. The molecule has 0 aliphatic rings. The van der Waals surface area contributed by atoms with Crippen LogP contribution >= 0.6 is 0 Å². The van der Waals surface area contributed by atoms with Crippen molar-refractivity contribution in [3.05, 3.63) is 55.1 Å². The zero-order valence-electron chi connectivity index (χ0n) is 10.7. The lowest BCUT2D eigenvalue weighted by molar-refractivity contribution is -0.141. The molecule has 0 heterocycles. The molecule has 0 aromatic heterocycles. The van der Waals surface area contributed by atoms with Crippen molar-refractivity contribution >= 4 is 15.8 Å². The molecule has 0 fully saturated rings.